The normalized spacial score (nSPS) is 20.6. The molecule has 0 bridgehead atoms. The van der Waals surface area contributed by atoms with Crippen LogP contribution in [0.1, 0.15) is 25.3 Å². The molecule has 126 valence electrons. The molecule has 23 heavy (non-hydrogen) atoms. The van der Waals surface area contributed by atoms with E-state index in [-0.39, 0.29) is 29.3 Å². The molecule has 0 radical (unpaired) electrons. The SMILES string of the molecule is COCCNS(=O)(=O)c1ccc2c(c1)C[C@H](C)N2C(=O)C1CC1. The number of nitrogens with zero attached hydrogens (tertiary/aromatic N) is 1. The zero-order valence-corrected chi connectivity index (χ0v) is 14.2. The number of amides is 1. The summed E-state index contributed by atoms with van der Waals surface area (Å²) in [6, 6.07) is 5.09. The van der Waals surface area contributed by atoms with Crippen LogP contribution < -0.4 is 9.62 Å². The minimum atomic E-state index is -3.55. The van der Waals surface area contributed by atoms with Crippen LogP contribution in [0.3, 0.4) is 0 Å². The van der Waals surface area contributed by atoms with Gasteiger partial charge in [0.1, 0.15) is 0 Å². The number of rotatable bonds is 6. The molecule has 7 heteroatoms. The number of benzene rings is 1. The quantitative estimate of drug-likeness (QED) is 0.793. The summed E-state index contributed by atoms with van der Waals surface area (Å²) in [6.45, 7) is 2.56. The van der Waals surface area contributed by atoms with Gasteiger partial charge in [-0.3, -0.25) is 4.79 Å². The van der Waals surface area contributed by atoms with Gasteiger partial charge in [-0.1, -0.05) is 0 Å². The number of fused-ring (bicyclic) bond motifs is 1. The molecule has 1 heterocycles. The molecule has 2 aliphatic rings. The fourth-order valence-electron chi connectivity index (χ4n) is 3.00. The van der Waals surface area contributed by atoms with E-state index in [4.69, 9.17) is 4.74 Å². The predicted molar refractivity (Wildman–Crippen MR) is 86.9 cm³/mol. The van der Waals surface area contributed by atoms with Gasteiger partial charge in [0.2, 0.25) is 15.9 Å². The highest BCUT2D eigenvalue weighted by Gasteiger charge is 2.39. The summed E-state index contributed by atoms with van der Waals surface area (Å²) in [5.41, 5.74) is 1.77. The molecule has 0 spiro atoms. The smallest absolute Gasteiger partial charge is 0.240 e. The van der Waals surface area contributed by atoms with Crippen LogP contribution in [0.4, 0.5) is 5.69 Å². The van der Waals surface area contributed by atoms with Crippen LogP contribution in [0.5, 0.6) is 0 Å². The van der Waals surface area contributed by atoms with E-state index in [0.29, 0.717) is 13.0 Å². The minimum Gasteiger partial charge on any atom is -0.383 e. The highest BCUT2D eigenvalue weighted by Crippen LogP contribution is 2.39. The van der Waals surface area contributed by atoms with Crippen LogP contribution in [0.15, 0.2) is 23.1 Å². The van der Waals surface area contributed by atoms with E-state index in [2.05, 4.69) is 4.72 Å². The van der Waals surface area contributed by atoms with Gasteiger partial charge in [-0.2, -0.15) is 0 Å². The molecular weight excluding hydrogens is 316 g/mol. The highest BCUT2D eigenvalue weighted by molar-refractivity contribution is 7.89. The van der Waals surface area contributed by atoms with E-state index in [1.165, 1.54) is 7.11 Å². The second-order valence-electron chi connectivity index (χ2n) is 6.22. The third kappa shape index (κ3) is 3.27. The summed E-state index contributed by atoms with van der Waals surface area (Å²) in [4.78, 5) is 14.5. The van der Waals surface area contributed by atoms with Crippen molar-refractivity contribution in [3.05, 3.63) is 23.8 Å². The number of anilines is 1. The van der Waals surface area contributed by atoms with Gasteiger partial charge in [-0.25, -0.2) is 13.1 Å². The number of carbonyl (C=O) groups is 1. The number of ether oxygens (including phenoxy) is 1. The molecule has 0 unspecified atom stereocenters. The van der Waals surface area contributed by atoms with Crippen molar-refractivity contribution in [2.45, 2.75) is 37.1 Å². The van der Waals surface area contributed by atoms with Crippen LogP contribution in [-0.2, 0) is 26.0 Å². The van der Waals surface area contributed by atoms with Crippen molar-refractivity contribution in [2.24, 2.45) is 5.92 Å². The Morgan fingerprint density at radius 1 is 1.39 bits per heavy atom. The van der Waals surface area contributed by atoms with E-state index in [1.807, 2.05) is 11.8 Å². The third-order valence-corrected chi connectivity index (χ3v) is 5.80. The number of hydrogen-bond acceptors (Lipinski definition) is 4. The topological polar surface area (TPSA) is 75.7 Å². The average molecular weight is 338 g/mol. The zero-order valence-electron chi connectivity index (χ0n) is 13.4. The zero-order chi connectivity index (χ0) is 16.6. The first kappa shape index (κ1) is 16.4. The lowest BCUT2D eigenvalue weighted by Gasteiger charge is -2.22. The summed E-state index contributed by atoms with van der Waals surface area (Å²) in [6.07, 6.45) is 2.62. The monoisotopic (exact) mass is 338 g/mol. The molecule has 1 aromatic carbocycles. The van der Waals surface area contributed by atoms with Crippen LogP contribution in [0.2, 0.25) is 0 Å². The maximum Gasteiger partial charge on any atom is 0.240 e. The van der Waals surface area contributed by atoms with Gasteiger partial charge in [0.15, 0.2) is 0 Å². The van der Waals surface area contributed by atoms with Crippen molar-refractivity contribution in [1.29, 1.82) is 0 Å². The Morgan fingerprint density at radius 3 is 2.78 bits per heavy atom. The van der Waals surface area contributed by atoms with Crippen LogP contribution in [0.25, 0.3) is 0 Å². The number of nitrogens with one attached hydrogen (secondary N) is 1. The van der Waals surface area contributed by atoms with Gasteiger partial charge in [-0.15, -0.1) is 0 Å². The summed E-state index contributed by atoms with van der Waals surface area (Å²) < 4.78 is 31.9. The Balaban J connectivity index is 1.83. The summed E-state index contributed by atoms with van der Waals surface area (Å²) in [5, 5.41) is 0. The Labute approximate surface area is 136 Å². The predicted octanol–water partition coefficient (Wildman–Crippen LogP) is 1.30. The molecule has 3 rings (SSSR count). The van der Waals surface area contributed by atoms with E-state index in [9.17, 15) is 13.2 Å². The van der Waals surface area contributed by atoms with Gasteiger partial charge in [-0.05, 0) is 49.9 Å². The molecule has 0 aromatic heterocycles. The van der Waals surface area contributed by atoms with Crippen molar-refractivity contribution in [2.75, 3.05) is 25.2 Å². The van der Waals surface area contributed by atoms with E-state index in [1.54, 1.807) is 18.2 Å². The van der Waals surface area contributed by atoms with Gasteiger partial charge < -0.3 is 9.64 Å². The van der Waals surface area contributed by atoms with Gasteiger partial charge in [0.25, 0.3) is 0 Å². The first-order chi connectivity index (χ1) is 10.9. The lowest BCUT2D eigenvalue weighted by Crippen LogP contribution is -2.36. The third-order valence-electron chi connectivity index (χ3n) is 4.34. The van der Waals surface area contributed by atoms with E-state index >= 15 is 0 Å². The second-order valence-corrected chi connectivity index (χ2v) is 7.98. The standard InChI is InChI=1S/C16H22N2O4S/c1-11-9-13-10-14(23(20,21)17-7-8-22-2)5-6-15(13)18(11)16(19)12-3-4-12/h5-6,10-12,17H,3-4,7-9H2,1-2H3/t11-/m0/s1. The number of methoxy groups -OCH3 is 1. The van der Waals surface area contributed by atoms with Gasteiger partial charge in [0.05, 0.1) is 11.5 Å². The Kier molecular flexibility index (Phi) is 4.44. The first-order valence-corrected chi connectivity index (χ1v) is 9.37. The van der Waals surface area contributed by atoms with Crippen molar-refractivity contribution >= 4 is 21.6 Å². The maximum atomic E-state index is 12.4. The Hall–Kier alpha value is -1.44. The molecule has 1 saturated carbocycles. The van der Waals surface area contributed by atoms with Crippen molar-refractivity contribution in [3.63, 3.8) is 0 Å². The van der Waals surface area contributed by atoms with Crippen LogP contribution in [0, 0.1) is 5.92 Å². The Morgan fingerprint density at radius 2 is 2.13 bits per heavy atom. The maximum absolute atomic E-state index is 12.4. The highest BCUT2D eigenvalue weighted by atomic mass is 32.2. The molecule has 1 N–H and O–H groups in total. The molecule has 1 fully saturated rings. The van der Waals surface area contributed by atoms with Crippen LogP contribution >= 0.6 is 0 Å². The summed E-state index contributed by atoms with van der Waals surface area (Å²) in [5.74, 6) is 0.326. The number of sulfonamides is 1. The summed E-state index contributed by atoms with van der Waals surface area (Å²) >= 11 is 0. The first-order valence-electron chi connectivity index (χ1n) is 7.88. The second kappa shape index (κ2) is 6.22. The average Bonchev–Trinajstić information content (AvgIpc) is 3.29. The minimum absolute atomic E-state index is 0.0810. The number of carbonyl (C=O) groups excluding carboxylic acids is 1. The van der Waals surface area contributed by atoms with Gasteiger partial charge in [0, 0.05) is 31.3 Å². The molecule has 1 aromatic rings. The van der Waals surface area contributed by atoms with Crippen molar-refractivity contribution in [1.82, 2.24) is 4.72 Å². The molecule has 1 aliphatic heterocycles. The molecular formula is C16H22N2O4S. The molecule has 1 atom stereocenters. The van der Waals surface area contributed by atoms with Crippen molar-refractivity contribution < 1.29 is 17.9 Å². The van der Waals surface area contributed by atoms with Crippen molar-refractivity contribution in [3.8, 4) is 0 Å². The molecule has 0 saturated heterocycles. The van der Waals surface area contributed by atoms with E-state index < -0.39 is 10.0 Å². The van der Waals surface area contributed by atoms with Crippen LogP contribution in [-0.4, -0.2) is 40.6 Å². The molecule has 6 nitrogen and oxygen atoms in total. The van der Waals surface area contributed by atoms with E-state index in [0.717, 1.165) is 24.1 Å². The molecule has 1 aliphatic carbocycles. The van der Waals surface area contributed by atoms with Gasteiger partial charge >= 0.3 is 0 Å². The number of hydrogen-bond donors (Lipinski definition) is 1. The fourth-order valence-corrected chi connectivity index (χ4v) is 4.06. The Bertz CT molecular complexity index is 713. The lowest BCUT2D eigenvalue weighted by molar-refractivity contribution is -0.120. The summed E-state index contributed by atoms with van der Waals surface area (Å²) in [7, 11) is -2.02. The lowest BCUT2D eigenvalue weighted by atomic mass is 10.1. The molecule has 1 amide bonds. The fraction of sp³-hybridized carbons (Fsp3) is 0.562. The largest absolute Gasteiger partial charge is 0.383 e.